The zero-order valence-corrected chi connectivity index (χ0v) is 15.7. The van der Waals surface area contributed by atoms with Crippen LogP contribution in [-0.2, 0) is 9.59 Å². The van der Waals surface area contributed by atoms with Crippen molar-refractivity contribution in [2.24, 2.45) is 11.8 Å². The van der Waals surface area contributed by atoms with Crippen LogP contribution in [0, 0.1) is 23.5 Å². The molecule has 5 nitrogen and oxygen atoms in total. The van der Waals surface area contributed by atoms with Gasteiger partial charge in [-0.25, -0.2) is 8.78 Å². The molecule has 2 aliphatic rings. The summed E-state index contributed by atoms with van der Waals surface area (Å²) in [7, 11) is 0. The molecule has 2 saturated heterocycles. The minimum atomic E-state index is -0.717. The lowest BCUT2D eigenvalue weighted by molar-refractivity contribution is -0.140. The Bertz CT molecular complexity index is 780. The van der Waals surface area contributed by atoms with Crippen LogP contribution in [0.15, 0.2) is 30.9 Å². The maximum atomic E-state index is 13.9. The summed E-state index contributed by atoms with van der Waals surface area (Å²) in [4.78, 5) is 40.4. The maximum absolute atomic E-state index is 13.9. The van der Waals surface area contributed by atoms with Crippen LogP contribution in [0.25, 0.3) is 0 Å². The molecule has 0 aromatic heterocycles. The van der Waals surface area contributed by atoms with Gasteiger partial charge in [-0.05, 0) is 50.0 Å². The van der Waals surface area contributed by atoms with Gasteiger partial charge in [-0.15, -0.1) is 0 Å². The third-order valence-corrected chi connectivity index (χ3v) is 5.70. The molecule has 0 N–H and O–H groups in total. The molecule has 7 heteroatoms. The Morgan fingerprint density at radius 3 is 2.11 bits per heavy atom. The minimum Gasteiger partial charge on any atom is -0.342 e. The monoisotopic (exact) mass is 390 g/mol. The molecule has 3 rings (SSSR count). The van der Waals surface area contributed by atoms with Crippen LogP contribution in [0.1, 0.15) is 36.0 Å². The number of halogens is 2. The van der Waals surface area contributed by atoms with E-state index in [2.05, 4.69) is 6.58 Å². The van der Waals surface area contributed by atoms with E-state index < -0.39 is 23.3 Å². The highest BCUT2D eigenvalue weighted by atomic mass is 19.1. The number of carbonyl (C=O) groups excluding carboxylic acids is 3. The Morgan fingerprint density at radius 1 is 0.929 bits per heavy atom. The average Bonchev–Trinajstić information content (AvgIpc) is 2.74. The van der Waals surface area contributed by atoms with Crippen molar-refractivity contribution in [3.8, 4) is 0 Å². The second-order valence-corrected chi connectivity index (χ2v) is 7.39. The van der Waals surface area contributed by atoms with Gasteiger partial charge < -0.3 is 9.80 Å². The van der Waals surface area contributed by atoms with Crippen molar-refractivity contribution in [3.63, 3.8) is 0 Å². The van der Waals surface area contributed by atoms with Crippen LogP contribution < -0.4 is 0 Å². The first-order chi connectivity index (χ1) is 13.4. The van der Waals surface area contributed by atoms with Gasteiger partial charge in [0, 0.05) is 38.0 Å². The molecule has 150 valence electrons. The summed E-state index contributed by atoms with van der Waals surface area (Å²) in [6.45, 7) is 5.41. The molecule has 0 atom stereocenters. The number of piperidine rings is 2. The van der Waals surface area contributed by atoms with Gasteiger partial charge in [-0.3, -0.25) is 14.4 Å². The number of rotatable bonds is 4. The number of carbonyl (C=O) groups is 3. The standard InChI is InChI=1S/C21H24F2N2O3/c1-2-19(26)24-9-7-15(8-10-24)21(28)25-11-5-14(6-12-25)20(27)17-13-16(22)3-4-18(17)23/h2-4,13-15H,1,5-12H2. The number of benzene rings is 1. The highest BCUT2D eigenvalue weighted by Gasteiger charge is 2.33. The van der Waals surface area contributed by atoms with Gasteiger partial charge in [0.1, 0.15) is 11.6 Å². The van der Waals surface area contributed by atoms with Crippen molar-refractivity contribution in [3.05, 3.63) is 48.1 Å². The molecule has 2 fully saturated rings. The zero-order valence-electron chi connectivity index (χ0n) is 15.7. The maximum Gasteiger partial charge on any atom is 0.245 e. The molecule has 0 radical (unpaired) electrons. The van der Waals surface area contributed by atoms with Gasteiger partial charge in [-0.1, -0.05) is 6.58 Å². The second-order valence-electron chi connectivity index (χ2n) is 7.39. The summed E-state index contributed by atoms with van der Waals surface area (Å²) in [6.07, 6.45) is 3.39. The summed E-state index contributed by atoms with van der Waals surface area (Å²) in [6, 6.07) is 2.89. The van der Waals surface area contributed by atoms with Gasteiger partial charge in [0.15, 0.2) is 5.78 Å². The normalized spacial score (nSPS) is 18.8. The molecule has 0 spiro atoms. The summed E-state index contributed by atoms with van der Waals surface area (Å²) in [5.74, 6) is -2.36. The van der Waals surface area contributed by atoms with Crippen molar-refractivity contribution in [2.45, 2.75) is 25.7 Å². The summed E-state index contributed by atoms with van der Waals surface area (Å²) < 4.78 is 27.2. The predicted octanol–water partition coefficient (Wildman–Crippen LogP) is 2.81. The van der Waals surface area contributed by atoms with E-state index in [4.69, 9.17) is 0 Å². The Labute approximate surface area is 163 Å². The molecule has 0 aliphatic carbocycles. The van der Waals surface area contributed by atoms with Crippen molar-refractivity contribution >= 4 is 17.6 Å². The first-order valence-electron chi connectivity index (χ1n) is 9.60. The first-order valence-corrected chi connectivity index (χ1v) is 9.60. The smallest absolute Gasteiger partial charge is 0.245 e. The van der Waals surface area contributed by atoms with Gasteiger partial charge in [0.25, 0.3) is 0 Å². The Morgan fingerprint density at radius 2 is 1.50 bits per heavy atom. The van der Waals surface area contributed by atoms with Crippen LogP contribution in [0.5, 0.6) is 0 Å². The predicted molar refractivity (Wildman–Crippen MR) is 99.5 cm³/mol. The van der Waals surface area contributed by atoms with Crippen molar-refractivity contribution in [1.29, 1.82) is 0 Å². The van der Waals surface area contributed by atoms with Crippen LogP contribution in [0.3, 0.4) is 0 Å². The fraction of sp³-hybridized carbons (Fsp3) is 0.476. The van der Waals surface area contributed by atoms with Crippen molar-refractivity contribution in [2.75, 3.05) is 26.2 Å². The van der Waals surface area contributed by atoms with Crippen molar-refractivity contribution < 1.29 is 23.2 Å². The molecule has 0 saturated carbocycles. The van der Waals surface area contributed by atoms with E-state index in [-0.39, 0.29) is 23.3 Å². The lowest BCUT2D eigenvalue weighted by Gasteiger charge is -2.36. The molecular formula is C21H24F2N2O3. The number of hydrogen-bond acceptors (Lipinski definition) is 3. The third-order valence-electron chi connectivity index (χ3n) is 5.70. The Balaban J connectivity index is 1.53. The second kappa shape index (κ2) is 8.63. The minimum absolute atomic E-state index is 0.0496. The lowest BCUT2D eigenvalue weighted by Crippen LogP contribution is -2.47. The summed E-state index contributed by atoms with van der Waals surface area (Å²) in [5.41, 5.74) is -0.218. The number of likely N-dealkylation sites (tertiary alicyclic amines) is 2. The average molecular weight is 390 g/mol. The number of nitrogens with zero attached hydrogens (tertiary/aromatic N) is 2. The largest absolute Gasteiger partial charge is 0.342 e. The van der Waals surface area contributed by atoms with Crippen LogP contribution >= 0.6 is 0 Å². The van der Waals surface area contributed by atoms with Crippen LogP contribution in [0.4, 0.5) is 8.78 Å². The first kappa shape index (κ1) is 20.2. The van der Waals surface area contributed by atoms with Crippen LogP contribution in [-0.4, -0.2) is 53.6 Å². The fourth-order valence-corrected chi connectivity index (χ4v) is 4.00. The van der Waals surface area contributed by atoms with E-state index in [1.807, 2.05) is 0 Å². The van der Waals surface area contributed by atoms with Gasteiger partial charge in [0.2, 0.25) is 11.8 Å². The van der Waals surface area contributed by atoms with Gasteiger partial charge >= 0.3 is 0 Å². The van der Waals surface area contributed by atoms with E-state index >= 15 is 0 Å². The van der Waals surface area contributed by atoms with Gasteiger partial charge in [0.05, 0.1) is 5.56 Å². The highest BCUT2D eigenvalue weighted by molar-refractivity contribution is 5.98. The molecule has 1 aromatic rings. The highest BCUT2D eigenvalue weighted by Crippen LogP contribution is 2.27. The SMILES string of the molecule is C=CC(=O)N1CCC(C(=O)N2CCC(C(=O)c3cc(F)ccc3F)CC2)CC1. The molecule has 2 heterocycles. The molecular weight excluding hydrogens is 366 g/mol. The zero-order chi connectivity index (χ0) is 20.3. The van der Waals surface area contributed by atoms with Crippen LogP contribution in [0.2, 0.25) is 0 Å². The van der Waals surface area contributed by atoms with E-state index in [1.165, 1.54) is 6.08 Å². The number of Topliss-reactive ketones (excluding diaryl/α,β-unsaturated/α-hetero) is 1. The lowest BCUT2D eigenvalue weighted by atomic mass is 9.87. The topological polar surface area (TPSA) is 57.7 Å². The molecule has 2 aliphatic heterocycles. The van der Waals surface area contributed by atoms with E-state index in [1.54, 1.807) is 9.80 Å². The van der Waals surface area contributed by atoms with Crippen molar-refractivity contribution in [1.82, 2.24) is 9.80 Å². The molecule has 0 bridgehead atoms. The van der Waals surface area contributed by atoms with E-state index in [9.17, 15) is 23.2 Å². The summed E-state index contributed by atoms with van der Waals surface area (Å²) in [5, 5.41) is 0. The molecule has 0 unspecified atom stereocenters. The third kappa shape index (κ3) is 4.29. The Hall–Kier alpha value is -2.57. The van der Waals surface area contributed by atoms with E-state index in [0.29, 0.717) is 51.9 Å². The number of ketones is 1. The van der Waals surface area contributed by atoms with Gasteiger partial charge in [-0.2, -0.15) is 0 Å². The summed E-state index contributed by atoms with van der Waals surface area (Å²) >= 11 is 0. The number of amides is 2. The van der Waals surface area contributed by atoms with E-state index in [0.717, 1.165) is 18.2 Å². The molecule has 2 amide bonds. The molecule has 1 aromatic carbocycles. The molecule has 28 heavy (non-hydrogen) atoms. The quantitative estimate of drug-likeness (QED) is 0.587. The number of hydrogen-bond donors (Lipinski definition) is 0. The fourth-order valence-electron chi connectivity index (χ4n) is 4.00. The Kier molecular flexibility index (Phi) is 6.21.